The Balaban J connectivity index is 1.78. The van der Waals surface area contributed by atoms with Crippen LogP contribution in [0.2, 0.25) is 0 Å². The van der Waals surface area contributed by atoms with Gasteiger partial charge in [-0.25, -0.2) is 0 Å². The fraction of sp³-hybridized carbons (Fsp3) is 0.625. The number of benzene rings is 1. The van der Waals surface area contributed by atoms with Crippen LogP contribution < -0.4 is 10.1 Å². The van der Waals surface area contributed by atoms with Gasteiger partial charge in [0.1, 0.15) is 11.4 Å². The van der Waals surface area contributed by atoms with E-state index < -0.39 is 0 Å². The van der Waals surface area contributed by atoms with Crippen LogP contribution in [0.4, 0.5) is 0 Å². The molecule has 0 aliphatic carbocycles. The van der Waals surface area contributed by atoms with Gasteiger partial charge < -0.3 is 15.0 Å². The average molecular weight is 260 g/mol. The molecule has 0 radical (unpaired) electrons. The minimum Gasteiger partial charge on any atom is -0.485 e. The van der Waals surface area contributed by atoms with Gasteiger partial charge in [-0.1, -0.05) is 18.2 Å². The molecule has 1 saturated heterocycles. The van der Waals surface area contributed by atoms with Crippen molar-refractivity contribution in [1.82, 2.24) is 10.2 Å². The summed E-state index contributed by atoms with van der Waals surface area (Å²) in [7, 11) is 2.21. The molecule has 19 heavy (non-hydrogen) atoms. The zero-order valence-corrected chi connectivity index (χ0v) is 12.1. The highest BCUT2D eigenvalue weighted by Crippen LogP contribution is 2.41. The summed E-state index contributed by atoms with van der Waals surface area (Å²) in [5, 5.41) is 3.53. The molecule has 0 amide bonds. The van der Waals surface area contributed by atoms with Gasteiger partial charge in [-0.3, -0.25) is 0 Å². The van der Waals surface area contributed by atoms with Crippen LogP contribution in [0.15, 0.2) is 24.3 Å². The van der Waals surface area contributed by atoms with E-state index in [0.717, 1.165) is 31.8 Å². The SMILES string of the molecule is CC(C)N(C)C[C@@H]1CNCC12Cc1ccccc1O2. The number of fused-ring (bicyclic) bond motifs is 1. The lowest BCUT2D eigenvalue weighted by molar-refractivity contribution is 0.0478. The molecule has 0 bridgehead atoms. The van der Waals surface area contributed by atoms with Crippen molar-refractivity contribution in [3.05, 3.63) is 29.8 Å². The second-order valence-electron chi connectivity index (χ2n) is 6.31. The average Bonchev–Trinajstić information content (AvgIpc) is 2.93. The second kappa shape index (κ2) is 4.80. The van der Waals surface area contributed by atoms with Gasteiger partial charge in [0.05, 0.1) is 0 Å². The Morgan fingerprint density at radius 1 is 1.42 bits per heavy atom. The molecule has 104 valence electrons. The Hall–Kier alpha value is -1.06. The summed E-state index contributed by atoms with van der Waals surface area (Å²) < 4.78 is 6.36. The predicted molar refractivity (Wildman–Crippen MR) is 77.6 cm³/mol. The number of nitrogens with one attached hydrogen (secondary N) is 1. The lowest BCUT2D eigenvalue weighted by Crippen LogP contribution is -2.47. The van der Waals surface area contributed by atoms with Crippen LogP contribution in [-0.2, 0) is 6.42 Å². The fourth-order valence-electron chi connectivity index (χ4n) is 3.23. The highest BCUT2D eigenvalue weighted by atomic mass is 16.5. The first-order chi connectivity index (χ1) is 9.11. The van der Waals surface area contributed by atoms with Crippen LogP contribution in [0.3, 0.4) is 0 Å². The van der Waals surface area contributed by atoms with Crippen molar-refractivity contribution in [2.24, 2.45) is 5.92 Å². The van der Waals surface area contributed by atoms with E-state index in [1.165, 1.54) is 5.56 Å². The second-order valence-corrected chi connectivity index (χ2v) is 6.31. The van der Waals surface area contributed by atoms with Crippen molar-refractivity contribution in [3.8, 4) is 5.75 Å². The third kappa shape index (κ3) is 2.26. The molecule has 3 rings (SSSR count). The van der Waals surface area contributed by atoms with E-state index in [1.807, 2.05) is 0 Å². The minimum absolute atomic E-state index is 0.0210. The van der Waals surface area contributed by atoms with E-state index in [-0.39, 0.29) is 5.60 Å². The van der Waals surface area contributed by atoms with E-state index in [0.29, 0.717) is 12.0 Å². The number of para-hydroxylation sites is 1. The molecule has 1 aromatic rings. The maximum atomic E-state index is 6.36. The van der Waals surface area contributed by atoms with E-state index in [4.69, 9.17) is 4.74 Å². The van der Waals surface area contributed by atoms with Crippen molar-refractivity contribution in [2.75, 3.05) is 26.7 Å². The van der Waals surface area contributed by atoms with Crippen LogP contribution in [0.25, 0.3) is 0 Å². The maximum Gasteiger partial charge on any atom is 0.131 e. The van der Waals surface area contributed by atoms with E-state index in [2.05, 4.69) is 55.4 Å². The first kappa shape index (κ1) is 12.9. The van der Waals surface area contributed by atoms with Gasteiger partial charge in [0, 0.05) is 38.0 Å². The standard InChI is InChI=1S/C16H24N2O/c1-12(2)18(3)10-14-9-17-11-16(14)8-13-6-4-5-7-15(13)19-16/h4-7,12,14,17H,8-11H2,1-3H3/t14-,16?/m0/s1. The van der Waals surface area contributed by atoms with Gasteiger partial charge >= 0.3 is 0 Å². The van der Waals surface area contributed by atoms with Crippen LogP contribution in [0.1, 0.15) is 19.4 Å². The Bertz CT molecular complexity index is 433. The van der Waals surface area contributed by atoms with Crippen LogP contribution in [0, 0.1) is 5.92 Å². The van der Waals surface area contributed by atoms with Gasteiger partial charge in [-0.15, -0.1) is 0 Å². The minimum atomic E-state index is -0.0210. The summed E-state index contributed by atoms with van der Waals surface area (Å²) in [6.45, 7) is 7.63. The molecular weight excluding hydrogens is 236 g/mol. The molecular formula is C16H24N2O. The molecule has 2 aliphatic heterocycles. The zero-order chi connectivity index (χ0) is 13.5. The van der Waals surface area contributed by atoms with Crippen molar-refractivity contribution >= 4 is 0 Å². The van der Waals surface area contributed by atoms with Crippen LogP contribution >= 0.6 is 0 Å². The number of hydrogen-bond acceptors (Lipinski definition) is 3. The summed E-state index contributed by atoms with van der Waals surface area (Å²) in [6.07, 6.45) is 1.05. The molecule has 3 heteroatoms. The molecule has 1 unspecified atom stereocenters. The van der Waals surface area contributed by atoms with E-state index in [9.17, 15) is 0 Å². The number of nitrogens with zero attached hydrogens (tertiary/aromatic N) is 1. The molecule has 1 spiro atoms. The third-order valence-corrected chi connectivity index (χ3v) is 4.72. The molecule has 2 atom stereocenters. The fourth-order valence-corrected chi connectivity index (χ4v) is 3.23. The van der Waals surface area contributed by atoms with Crippen LogP contribution in [0.5, 0.6) is 5.75 Å². The Labute approximate surface area is 115 Å². The zero-order valence-electron chi connectivity index (χ0n) is 12.1. The summed E-state index contributed by atoms with van der Waals surface area (Å²) >= 11 is 0. The molecule has 1 N–H and O–H groups in total. The molecule has 1 fully saturated rings. The highest BCUT2D eigenvalue weighted by Gasteiger charge is 2.49. The van der Waals surface area contributed by atoms with Crippen molar-refractivity contribution in [2.45, 2.75) is 31.9 Å². The smallest absolute Gasteiger partial charge is 0.131 e. The van der Waals surface area contributed by atoms with Crippen LogP contribution in [-0.4, -0.2) is 43.2 Å². The summed E-state index contributed by atoms with van der Waals surface area (Å²) in [5.74, 6) is 1.65. The number of ether oxygens (including phenoxy) is 1. The largest absolute Gasteiger partial charge is 0.485 e. The van der Waals surface area contributed by atoms with Gasteiger partial charge in [0.15, 0.2) is 0 Å². The first-order valence-corrected chi connectivity index (χ1v) is 7.28. The maximum absolute atomic E-state index is 6.36. The summed E-state index contributed by atoms with van der Waals surface area (Å²) in [6, 6.07) is 9.06. The van der Waals surface area contributed by atoms with Gasteiger partial charge in [0.25, 0.3) is 0 Å². The van der Waals surface area contributed by atoms with Crippen molar-refractivity contribution < 1.29 is 4.74 Å². The monoisotopic (exact) mass is 260 g/mol. The Morgan fingerprint density at radius 2 is 2.21 bits per heavy atom. The molecule has 2 aliphatic rings. The molecule has 0 saturated carbocycles. The van der Waals surface area contributed by atoms with E-state index >= 15 is 0 Å². The summed E-state index contributed by atoms with van der Waals surface area (Å²) in [5.41, 5.74) is 1.34. The van der Waals surface area contributed by atoms with Gasteiger partial charge in [-0.2, -0.15) is 0 Å². The number of rotatable bonds is 3. The lowest BCUT2D eigenvalue weighted by Gasteiger charge is -2.34. The van der Waals surface area contributed by atoms with Gasteiger partial charge in [-0.05, 0) is 32.5 Å². The Kier molecular flexibility index (Phi) is 3.27. The van der Waals surface area contributed by atoms with Gasteiger partial charge in [0.2, 0.25) is 0 Å². The molecule has 0 aromatic heterocycles. The summed E-state index contributed by atoms with van der Waals surface area (Å²) in [4.78, 5) is 2.42. The topological polar surface area (TPSA) is 24.5 Å². The highest BCUT2D eigenvalue weighted by molar-refractivity contribution is 5.40. The molecule has 2 heterocycles. The molecule has 1 aromatic carbocycles. The quantitative estimate of drug-likeness (QED) is 0.898. The lowest BCUT2D eigenvalue weighted by atomic mass is 9.86. The Morgan fingerprint density at radius 3 is 2.95 bits per heavy atom. The van der Waals surface area contributed by atoms with Crippen molar-refractivity contribution in [3.63, 3.8) is 0 Å². The normalized spacial score (nSPS) is 29.2. The van der Waals surface area contributed by atoms with Crippen molar-refractivity contribution in [1.29, 1.82) is 0 Å². The predicted octanol–water partition coefficient (Wildman–Crippen LogP) is 1.92. The van der Waals surface area contributed by atoms with E-state index in [1.54, 1.807) is 0 Å². The first-order valence-electron chi connectivity index (χ1n) is 7.28. The third-order valence-electron chi connectivity index (χ3n) is 4.72. The molecule has 3 nitrogen and oxygen atoms in total. The number of hydrogen-bond donors (Lipinski definition) is 1.